The van der Waals surface area contributed by atoms with Crippen molar-refractivity contribution >= 4 is 17.2 Å². The number of carbonyl (C=O) groups excluding carboxylic acids is 1. The van der Waals surface area contributed by atoms with E-state index in [1.807, 2.05) is 37.4 Å². The van der Waals surface area contributed by atoms with Gasteiger partial charge in [0.05, 0.1) is 12.1 Å². The lowest BCUT2D eigenvalue weighted by Crippen LogP contribution is -2.38. The minimum atomic E-state index is -1.05. The van der Waals surface area contributed by atoms with Gasteiger partial charge in [-0.1, -0.05) is 6.07 Å². The van der Waals surface area contributed by atoms with Crippen LogP contribution in [0.25, 0.3) is 0 Å². The molecule has 0 aliphatic heterocycles. The number of carbonyl (C=O) groups is 1. The zero-order valence-electron chi connectivity index (χ0n) is 13.8. The lowest BCUT2D eigenvalue weighted by molar-refractivity contribution is 0.0556. The summed E-state index contributed by atoms with van der Waals surface area (Å²) in [6.07, 6.45) is 0. The molecule has 2 heterocycles. The fourth-order valence-electron chi connectivity index (χ4n) is 2.82. The van der Waals surface area contributed by atoms with Gasteiger partial charge in [-0.25, -0.2) is 0 Å². The van der Waals surface area contributed by atoms with Gasteiger partial charge in [0.15, 0.2) is 0 Å². The topological polar surface area (TPSA) is 54.3 Å². The van der Waals surface area contributed by atoms with Crippen molar-refractivity contribution in [3.05, 3.63) is 45.4 Å². The van der Waals surface area contributed by atoms with E-state index in [0.717, 1.165) is 16.3 Å². The second-order valence-corrected chi connectivity index (χ2v) is 7.13. The third-order valence-electron chi connectivity index (χ3n) is 3.89. The lowest BCUT2D eigenvalue weighted by Gasteiger charge is -2.22. The maximum Gasteiger partial charge on any atom is 0.253 e. The van der Waals surface area contributed by atoms with Crippen LogP contribution >= 0.6 is 11.3 Å². The Balaban J connectivity index is 2.12. The smallest absolute Gasteiger partial charge is 0.253 e. The molecule has 0 spiro atoms. The summed E-state index contributed by atoms with van der Waals surface area (Å²) in [5, 5.41) is 15.2. The van der Waals surface area contributed by atoms with Gasteiger partial charge in [-0.05, 0) is 52.1 Å². The molecular weight excluding hydrogens is 296 g/mol. The number of thiophene rings is 1. The van der Waals surface area contributed by atoms with Gasteiger partial charge >= 0.3 is 0 Å². The molecule has 0 aliphatic carbocycles. The van der Waals surface area contributed by atoms with Crippen LogP contribution in [0.5, 0.6) is 0 Å². The van der Waals surface area contributed by atoms with Crippen LogP contribution in [0.2, 0.25) is 0 Å². The highest BCUT2D eigenvalue weighted by molar-refractivity contribution is 7.10. The van der Waals surface area contributed by atoms with Gasteiger partial charge in [-0.15, -0.1) is 11.3 Å². The highest BCUT2D eigenvalue weighted by atomic mass is 32.1. The standard InChI is InChI=1S/C17H24N2O2S/c1-11(2)19-12(3)9-14(13(19)4)16(20)18-10-17(5,21)15-7-6-8-22-15/h6-9,11,21H,10H2,1-5H3,(H,18,20). The zero-order chi connectivity index (χ0) is 16.5. The molecular formula is C17H24N2O2S. The highest BCUT2D eigenvalue weighted by Crippen LogP contribution is 2.25. The highest BCUT2D eigenvalue weighted by Gasteiger charge is 2.26. The van der Waals surface area contributed by atoms with E-state index in [0.29, 0.717) is 11.6 Å². The molecule has 1 amide bonds. The first kappa shape index (κ1) is 16.8. The van der Waals surface area contributed by atoms with Crippen LogP contribution in [-0.2, 0) is 5.60 Å². The first-order valence-electron chi connectivity index (χ1n) is 7.47. The van der Waals surface area contributed by atoms with E-state index in [1.165, 1.54) is 11.3 Å². The molecule has 0 aliphatic rings. The number of aryl methyl sites for hydroxylation is 1. The quantitative estimate of drug-likeness (QED) is 0.887. The van der Waals surface area contributed by atoms with Crippen LogP contribution in [0.15, 0.2) is 23.6 Å². The fraction of sp³-hybridized carbons (Fsp3) is 0.471. The minimum absolute atomic E-state index is 0.142. The van der Waals surface area contributed by atoms with Gasteiger partial charge in [0.25, 0.3) is 5.91 Å². The predicted octanol–water partition coefficient (Wildman–Crippen LogP) is 3.38. The second kappa shape index (κ2) is 6.26. The number of amides is 1. The molecule has 1 unspecified atom stereocenters. The van der Waals surface area contributed by atoms with Gasteiger partial charge < -0.3 is 15.0 Å². The number of nitrogens with zero attached hydrogens (tertiary/aromatic N) is 1. The number of aliphatic hydroxyl groups is 1. The van der Waals surface area contributed by atoms with Crippen LogP contribution in [0.3, 0.4) is 0 Å². The fourth-order valence-corrected chi connectivity index (χ4v) is 3.61. The maximum atomic E-state index is 12.4. The Bertz CT molecular complexity index is 655. The van der Waals surface area contributed by atoms with E-state index in [2.05, 4.69) is 23.7 Å². The molecule has 0 saturated heterocycles. The number of nitrogens with one attached hydrogen (secondary N) is 1. The Morgan fingerprint density at radius 3 is 2.64 bits per heavy atom. The van der Waals surface area contributed by atoms with E-state index >= 15 is 0 Å². The van der Waals surface area contributed by atoms with Crippen molar-refractivity contribution in [3.63, 3.8) is 0 Å². The van der Waals surface area contributed by atoms with Crippen molar-refractivity contribution in [3.8, 4) is 0 Å². The summed E-state index contributed by atoms with van der Waals surface area (Å²) in [4.78, 5) is 13.3. The summed E-state index contributed by atoms with van der Waals surface area (Å²) in [6.45, 7) is 10.1. The Kier molecular flexibility index (Phi) is 4.78. The third kappa shape index (κ3) is 3.25. The van der Waals surface area contributed by atoms with Crippen molar-refractivity contribution in [2.75, 3.05) is 6.54 Å². The molecule has 0 saturated carbocycles. The summed E-state index contributed by atoms with van der Waals surface area (Å²) in [5.41, 5.74) is 1.66. The Hall–Kier alpha value is -1.59. The average molecular weight is 320 g/mol. The maximum absolute atomic E-state index is 12.4. The first-order chi connectivity index (χ1) is 10.2. The first-order valence-corrected chi connectivity index (χ1v) is 8.35. The molecule has 2 N–H and O–H groups in total. The molecule has 0 aromatic carbocycles. The molecule has 5 heteroatoms. The van der Waals surface area contributed by atoms with E-state index in [9.17, 15) is 9.90 Å². The van der Waals surface area contributed by atoms with Crippen LogP contribution < -0.4 is 5.32 Å². The van der Waals surface area contributed by atoms with Crippen molar-refractivity contribution in [1.82, 2.24) is 9.88 Å². The van der Waals surface area contributed by atoms with Gasteiger partial charge in [0, 0.05) is 22.3 Å². The molecule has 4 nitrogen and oxygen atoms in total. The molecule has 1 atom stereocenters. The van der Waals surface area contributed by atoms with E-state index in [4.69, 9.17) is 0 Å². The number of hydrogen-bond donors (Lipinski definition) is 2. The van der Waals surface area contributed by atoms with E-state index < -0.39 is 5.60 Å². The summed E-state index contributed by atoms with van der Waals surface area (Å²) in [6, 6.07) is 5.99. The largest absolute Gasteiger partial charge is 0.383 e. The molecule has 0 radical (unpaired) electrons. The molecule has 0 bridgehead atoms. The average Bonchev–Trinajstić information content (AvgIpc) is 3.04. The van der Waals surface area contributed by atoms with Crippen LogP contribution in [-0.4, -0.2) is 22.1 Å². The molecule has 2 rings (SSSR count). The normalized spacial score (nSPS) is 14.1. The Morgan fingerprint density at radius 2 is 2.14 bits per heavy atom. The van der Waals surface area contributed by atoms with E-state index in [-0.39, 0.29) is 12.5 Å². The van der Waals surface area contributed by atoms with Gasteiger partial charge in [0.1, 0.15) is 5.60 Å². The van der Waals surface area contributed by atoms with Crippen LogP contribution in [0.1, 0.15) is 53.4 Å². The van der Waals surface area contributed by atoms with Gasteiger partial charge in [-0.2, -0.15) is 0 Å². The van der Waals surface area contributed by atoms with Gasteiger partial charge in [0.2, 0.25) is 0 Å². The molecule has 2 aromatic rings. The molecule has 120 valence electrons. The van der Waals surface area contributed by atoms with Gasteiger partial charge in [-0.3, -0.25) is 4.79 Å². The monoisotopic (exact) mass is 320 g/mol. The summed E-state index contributed by atoms with van der Waals surface area (Å²) < 4.78 is 2.15. The minimum Gasteiger partial charge on any atom is -0.383 e. The SMILES string of the molecule is Cc1cc(C(=O)NCC(C)(O)c2cccs2)c(C)n1C(C)C. The Morgan fingerprint density at radius 1 is 1.45 bits per heavy atom. The number of aromatic nitrogens is 1. The van der Waals surface area contributed by atoms with Crippen molar-refractivity contribution in [2.24, 2.45) is 0 Å². The predicted molar refractivity (Wildman–Crippen MR) is 90.5 cm³/mol. The van der Waals surface area contributed by atoms with Crippen molar-refractivity contribution in [1.29, 1.82) is 0 Å². The zero-order valence-corrected chi connectivity index (χ0v) is 14.6. The third-order valence-corrected chi connectivity index (χ3v) is 5.01. The van der Waals surface area contributed by atoms with Crippen LogP contribution in [0, 0.1) is 13.8 Å². The number of rotatable bonds is 5. The van der Waals surface area contributed by atoms with Crippen molar-refractivity contribution < 1.29 is 9.90 Å². The summed E-state index contributed by atoms with van der Waals surface area (Å²) in [5.74, 6) is -0.142. The second-order valence-electron chi connectivity index (χ2n) is 6.18. The summed E-state index contributed by atoms with van der Waals surface area (Å²) in [7, 11) is 0. The summed E-state index contributed by atoms with van der Waals surface area (Å²) >= 11 is 1.49. The molecule has 2 aromatic heterocycles. The van der Waals surface area contributed by atoms with Crippen molar-refractivity contribution in [2.45, 2.75) is 46.3 Å². The van der Waals surface area contributed by atoms with Crippen LogP contribution in [0.4, 0.5) is 0 Å². The molecule has 0 fully saturated rings. The number of hydrogen-bond acceptors (Lipinski definition) is 3. The Labute approximate surface area is 135 Å². The lowest BCUT2D eigenvalue weighted by atomic mass is 10.1. The molecule has 22 heavy (non-hydrogen) atoms. The van der Waals surface area contributed by atoms with E-state index in [1.54, 1.807) is 6.92 Å².